The molecule has 1 radical (unpaired) electrons. The number of carboxylic acid groups (broad SMARTS) is 1. The monoisotopic (exact) mass is 700 g/mol. The van der Waals surface area contributed by atoms with Crippen LogP contribution in [0.5, 0.6) is 0 Å². The van der Waals surface area contributed by atoms with Crippen LogP contribution in [0.15, 0.2) is 140 Å². The van der Waals surface area contributed by atoms with E-state index in [9.17, 15) is 14.7 Å². The van der Waals surface area contributed by atoms with Gasteiger partial charge in [0.1, 0.15) is 11.6 Å². The number of aromatic nitrogens is 4. The molecule has 6 rings (SSSR count). The van der Waals surface area contributed by atoms with E-state index in [1.165, 1.54) is 4.90 Å². The van der Waals surface area contributed by atoms with Crippen LogP contribution in [0.25, 0.3) is 22.5 Å². The van der Waals surface area contributed by atoms with Gasteiger partial charge in [-0.3, -0.25) is 4.79 Å². The van der Waals surface area contributed by atoms with Gasteiger partial charge in [0, 0.05) is 48.1 Å². The molecule has 52 heavy (non-hydrogen) atoms. The summed E-state index contributed by atoms with van der Waals surface area (Å²) in [6.45, 7) is 5.92. The van der Waals surface area contributed by atoms with Crippen LogP contribution < -0.4 is 0 Å². The van der Waals surface area contributed by atoms with Gasteiger partial charge in [-0.1, -0.05) is 167 Å². The number of unbranched alkanes of at least 4 members (excludes halogenated alkanes) is 1. The molecule has 1 N–H and O–H groups in total. The third-order valence-corrected chi connectivity index (χ3v) is 9.43. The molecule has 9 heteroatoms. The molecule has 1 amide bonds. The van der Waals surface area contributed by atoms with Crippen molar-refractivity contribution < 1.29 is 14.7 Å². The van der Waals surface area contributed by atoms with E-state index in [2.05, 4.69) is 52.8 Å². The number of nitrogens with zero attached hydrogens (tertiary/aromatic N) is 5. The summed E-state index contributed by atoms with van der Waals surface area (Å²) in [6, 6.07) is 46.0. The SMILES string of the molecule is CCCCC(=O)N(Cc1ccc(-c2ccccc2-c2nnnn2C(c2ccccc2)(c2ccccc2)c2ccccc2)cc1)[C@H](C(=O)O)C(C)C.[Na]. The van der Waals surface area contributed by atoms with E-state index in [0.717, 1.165) is 51.8 Å². The second-order valence-corrected chi connectivity index (χ2v) is 13.1. The molecule has 259 valence electrons. The van der Waals surface area contributed by atoms with Crippen molar-refractivity contribution in [2.75, 3.05) is 0 Å². The van der Waals surface area contributed by atoms with E-state index in [-0.39, 0.29) is 47.9 Å². The predicted molar refractivity (Wildman–Crippen MR) is 205 cm³/mol. The summed E-state index contributed by atoms with van der Waals surface area (Å²) in [6.07, 6.45) is 1.90. The summed E-state index contributed by atoms with van der Waals surface area (Å²) in [5.74, 6) is -0.770. The third kappa shape index (κ3) is 7.80. The number of tetrazole rings is 1. The third-order valence-electron chi connectivity index (χ3n) is 9.43. The molecular formula is C43H43N5NaO3. The van der Waals surface area contributed by atoms with Gasteiger partial charge in [0.25, 0.3) is 0 Å². The maximum atomic E-state index is 13.3. The molecule has 1 heterocycles. The standard InChI is InChI=1S/C43H43N5O3.Na/c1-4-5-25-39(49)47(40(31(2)3)42(50)51)30-32-26-28-33(29-27-32)37-23-15-16-24-38(37)41-44-45-46-48(41)43(34-17-9-6-10-18-34,35-19-11-7-12-20-35)36-21-13-8-14-22-36;/h6-24,26-29,31,40H,4-5,25,30H2,1-3H3,(H,50,51);/t40-;/m0./s1. The maximum absolute atomic E-state index is 13.3. The van der Waals surface area contributed by atoms with Gasteiger partial charge in [-0.05, 0) is 56.1 Å². The number of rotatable bonds is 14. The number of amides is 1. The maximum Gasteiger partial charge on any atom is 0.326 e. The van der Waals surface area contributed by atoms with E-state index in [1.54, 1.807) is 0 Å². The minimum absolute atomic E-state index is 0. The molecule has 1 aromatic heterocycles. The Hall–Kier alpha value is -4.89. The minimum Gasteiger partial charge on any atom is -0.480 e. The van der Waals surface area contributed by atoms with Gasteiger partial charge in [-0.2, -0.15) is 0 Å². The molecule has 0 aliphatic rings. The average Bonchev–Trinajstić information content (AvgIpc) is 3.65. The van der Waals surface area contributed by atoms with E-state index >= 15 is 0 Å². The molecular weight excluding hydrogens is 657 g/mol. The van der Waals surface area contributed by atoms with Crippen molar-refractivity contribution in [1.82, 2.24) is 25.1 Å². The van der Waals surface area contributed by atoms with E-state index in [0.29, 0.717) is 12.2 Å². The van der Waals surface area contributed by atoms with Gasteiger partial charge < -0.3 is 10.0 Å². The fourth-order valence-corrected chi connectivity index (χ4v) is 6.99. The Morgan fingerprint density at radius 3 is 1.71 bits per heavy atom. The fourth-order valence-electron chi connectivity index (χ4n) is 6.99. The Kier molecular flexibility index (Phi) is 12.9. The summed E-state index contributed by atoms with van der Waals surface area (Å²) < 4.78 is 1.93. The number of benzene rings is 5. The first kappa shape index (κ1) is 38.3. The van der Waals surface area contributed by atoms with Gasteiger partial charge in [0.05, 0.1) is 0 Å². The Bertz CT molecular complexity index is 1960. The van der Waals surface area contributed by atoms with Crippen molar-refractivity contribution in [3.8, 4) is 22.5 Å². The van der Waals surface area contributed by atoms with Crippen LogP contribution in [-0.2, 0) is 21.7 Å². The van der Waals surface area contributed by atoms with E-state index in [4.69, 9.17) is 5.21 Å². The molecule has 0 bridgehead atoms. The summed E-state index contributed by atoms with van der Waals surface area (Å²) in [4.78, 5) is 27.1. The summed E-state index contributed by atoms with van der Waals surface area (Å²) in [5, 5.41) is 23.7. The largest absolute Gasteiger partial charge is 0.480 e. The first-order valence-electron chi connectivity index (χ1n) is 17.5. The predicted octanol–water partition coefficient (Wildman–Crippen LogP) is 8.09. The van der Waals surface area contributed by atoms with Crippen molar-refractivity contribution in [2.45, 2.75) is 58.2 Å². The summed E-state index contributed by atoms with van der Waals surface area (Å²) in [5.41, 5.74) is 5.72. The first-order chi connectivity index (χ1) is 24.9. The number of hydrogen-bond donors (Lipinski definition) is 1. The number of carboxylic acids is 1. The van der Waals surface area contributed by atoms with Gasteiger partial charge >= 0.3 is 5.97 Å². The fraction of sp³-hybridized carbons (Fsp3) is 0.233. The van der Waals surface area contributed by atoms with Gasteiger partial charge in [-0.15, -0.1) is 5.10 Å². The molecule has 0 unspecified atom stereocenters. The smallest absolute Gasteiger partial charge is 0.326 e. The van der Waals surface area contributed by atoms with Crippen LogP contribution in [-0.4, -0.2) is 77.7 Å². The Balaban J connectivity index is 0.00000523. The van der Waals surface area contributed by atoms with Crippen LogP contribution in [0.2, 0.25) is 0 Å². The van der Waals surface area contributed by atoms with Crippen molar-refractivity contribution in [2.24, 2.45) is 5.92 Å². The molecule has 6 aromatic rings. The number of carbonyl (C=O) groups is 2. The average molecular weight is 701 g/mol. The molecule has 5 aromatic carbocycles. The summed E-state index contributed by atoms with van der Waals surface area (Å²) >= 11 is 0. The molecule has 0 aliphatic heterocycles. The quantitative estimate of drug-likeness (QED) is 0.0911. The zero-order chi connectivity index (χ0) is 35.8. The minimum atomic E-state index is -0.990. The number of hydrogen-bond acceptors (Lipinski definition) is 5. The normalized spacial score (nSPS) is 11.8. The van der Waals surface area contributed by atoms with Crippen molar-refractivity contribution in [3.05, 3.63) is 162 Å². The van der Waals surface area contributed by atoms with Gasteiger partial charge in [0.15, 0.2) is 5.82 Å². The van der Waals surface area contributed by atoms with Crippen molar-refractivity contribution in [3.63, 3.8) is 0 Å². The second kappa shape index (κ2) is 17.6. The van der Waals surface area contributed by atoms with Crippen molar-refractivity contribution in [1.29, 1.82) is 0 Å². The number of aliphatic carboxylic acids is 1. The second-order valence-electron chi connectivity index (χ2n) is 13.1. The van der Waals surface area contributed by atoms with Crippen LogP contribution in [0.3, 0.4) is 0 Å². The zero-order valence-electron chi connectivity index (χ0n) is 30.3. The van der Waals surface area contributed by atoms with E-state index < -0.39 is 17.6 Å². The molecule has 1 atom stereocenters. The molecule has 8 nitrogen and oxygen atoms in total. The molecule has 0 saturated carbocycles. The molecule has 0 aliphatic carbocycles. The first-order valence-corrected chi connectivity index (χ1v) is 17.5. The molecule has 0 saturated heterocycles. The van der Waals surface area contributed by atoms with Crippen LogP contribution in [0, 0.1) is 5.92 Å². The Labute approximate surface area is 327 Å². The van der Waals surface area contributed by atoms with Crippen molar-refractivity contribution >= 4 is 41.4 Å². The Morgan fingerprint density at radius 1 is 0.731 bits per heavy atom. The van der Waals surface area contributed by atoms with Crippen LogP contribution in [0.1, 0.15) is 62.3 Å². The molecule has 0 fully saturated rings. The van der Waals surface area contributed by atoms with Gasteiger partial charge in [0.2, 0.25) is 5.91 Å². The zero-order valence-corrected chi connectivity index (χ0v) is 32.3. The molecule has 0 spiro atoms. The topological polar surface area (TPSA) is 101 Å². The Morgan fingerprint density at radius 2 is 1.23 bits per heavy atom. The van der Waals surface area contributed by atoms with Crippen LogP contribution >= 0.6 is 0 Å². The number of carbonyl (C=O) groups excluding carboxylic acids is 1. The summed E-state index contributed by atoms with van der Waals surface area (Å²) in [7, 11) is 0. The van der Waals surface area contributed by atoms with E-state index in [1.807, 2.05) is 123 Å². The van der Waals surface area contributed by atoms with Gasteiger partial charge in [-0.25, -0.2) is 9.48 Å². The van der Waals surface area contributed by atoms with Crippen LogP contribution in [0.4, 0.5) is 0 Å².